The molecule has 4 nitrogen and oxygen atoms in total. The molecule has 0 aromatic carbocycles. The third-order valence-corrected chi connectivity index (χ3v) is 2.67. The summed E-state index contributed by atoms with van der Waals surface area (Å²) in [5.74, 6) is 0.579. The zero-order chi connectivity index (χ0) is 10.6. The van der Waals surface area contributed by atoms with Crippen molar-refractivity contribution in [2.45, 2.75) is 6.54 Å². The predicted molar refractivity (Wildman–Crippen MR) is 56.4 cm³/mol. The van der Waals surface area contributed by atoms with Crippen LogP contribution < -0.4 is 10.1 Å². The molecule has 0 aliphatic heterocycles. The van der Waals surface area contributed by atoms with Crippen LogP contribution in [-0.4, -0.2) is 18.5 Å². The molecule has 1 aromatic rings. The zero-order valence-corrected chi connectivity index (χ0v) is 9.72. The molecule has 0 saturated carbocycles. The maximum Gasteiger partial charge on any atom is 0.207 e. The van der Waals surface area contributed by atoms with Crippen LogP contribution in [0.4, 0.5) is 0 Å². The number of aromatic nitrogens is 1. The molecule has 0 bridgehead atoms. The van der Waals surface area contributed by atoms with Crippen LogP contribution in [0.5, 0.6) is 5.75 Å². The fourth-order valence-corrected chi connectivity index (χ4v) is 1.38. The fourth-order valence-electron chi connectivity index (χ4n) is 0.927. The number of methoxy groups -OCH3 is 1. The molecule has 6 heteroatoms. The van der Waals surface area contributed by atoms with Crippen molar-refractivity contribution in [1.82, 2.24) is 10.3 Å². The van der Waals surface area contributed by atoms with Gasteiger partial charge in [0.05, 0.1) is 18.1 Å². The average molecular weight is 280 g/mol. The summed E-state index contributed by atoms with van der Waals surface area (Å²) in [6.45, 7) is 0.291. The molecule has 1 N–H and O–H groups in total. The van der Waals surface area contributed by atoms with Gasteiger partial charge in [-0.25, -0.2) is 4.98 Å². The second-order valence-electron chi connectivity index (χ2n) is 2.41. The molecule has 1 amide bonds. The summed E-state index contributed by atoms with van der Waals surface area (Å²) in [7, 11) is 1.53. The minimum Gasteiger partial charge on any atom is -0.495 e. The standard InChI is InChI=1S/C8H8BrClN2O2/c1-14-7-2-5(9)8(10)12-6(7)3-11-4-13/h2,4H,3H2,1H3,(H,11,13). The SMILES string of the molecule is COc1cc(Br)c(Cl)nc1CNC=O. The molecule has 0 aliphatic carbocycles. The smallest absolute Gasteiger partial charge is 0.207 e. The van der Waals surface area contributed by atoms with E-state index in [4.69, 9.17) is 16.3 Å². The lowest BCUT2D eigenvalue weighted by Gasteiger charge is -2.08. The van der Waals surface area contributed by atoms with E-state index in [2.05, 4.69) is 26.2 Å². The zero-order valence-electron chi connectivity index (χ0n) is 7.38. The van der Waals surface area contributed by atoms with Crippen LogP contribution in [0.25, 0.3) is 0 Å². The van der Waals surface area contributed by atoms with Crippen molar-refractivity contribution in [3.63, 3.8) is 0 Å². The number of hydrogen-bond acceptors (Lipinski definition) is 3. The molecule has 76 valence electrons. The van der Waals surface area contributed by atoms with Gasteiger partial charge in [-0.05, 0) is 22.0 Å². The Morgan fingerprint density at radius 3 is 3.07 bits per heavy atom. The molecule has 0 saturated heterocycles. The first-order valence-corrected chi connectivity index (χ1v) is 4.92. The Hall–Kier alpha value is -0.810. The van der Waals surface area contributed by atoms with Gasteiger partial charge in [0, 0.05) is 0 Å². The second-order valence-corrected chi connectivity index (χ2v) is 3.62. The minimum atomic E-state index is 0.291. The molecule has 1 heterocycles. The van der Waals surface area contributed by atoms with Crippen LogP contribution in [-0.2, 0) is 11.3 Å². The van der Waals surface area contributed by atoms with Crippen molar-refractivity contribution >= 4 is 33.9 Å². The Balaban J connectivity index is 3.00. The summed E-state index contributed by atoms with van der Waals surface area (Å²) in [4.78, 5) is 14.2. The van der Waals surface area contributed by atoms with Gasteiger partial charge in [-0.1, -0.05) is 11.6 Å². The number of rotatable bonds is 4. The second kappa shape index (κ2) is 5.17. The molecular formula is C8H8BrClN2O2. The molecule has 0 radical (unpaired) electrons. The number of nitrogens with zero attached hydrogens (tertiary/aromatic N) is 1. The number of nitrogens with one attached hydrogen (secondary N) is 1. The summed E-state index contributed by atoms with van der Waals surface area (Å²) in [5, 5.41) is 2.83. The molecule has 1 aromatic heterocycles. The van der Waals surface area contributed by atoms with Gasteiger partial charge in [0.1, 0.15) is 16.6 Å². The van der Waals surface area contributed by atoms with Crippen LogP contribution in [0.2, 0.25) is 5.15 Å². The van der Waals surface area contributed by atoms with E-state index in [9.17, 15) is 4.79 Å². The molecule has 0 atom stereocenters. The number of ether oxygens (including phenoxy) is 1. The predicted octanol–water partition coefficient (Wildman–Crippen LogP) is 1.75. The molecule has 0 fully saturated rings. The summed E-state index contributed by atoms with van der Waals surface area (Å²) in [6.07, 6.45) is 0.594. The topological polar surface area (TPSA) is 51.2 Å². The van der Waals surface area contributed by atoms with E-state index in [1.807, 2.05) is 0 Å². The maximum absolute atomic E-state index is 10.1. The summed E-state index contributed by atoms with van der Waals surface area (Å²) in [5.41, 5.74) is 0.591. The Morgan fingerprint density at radius 2 is 2.50 bits per heavy atom. The average Bonchev–Trinajstić information content (AvgIpc) is 2.19. The highest BCUT2D eigenvalue weighted by atomic mass is 79.9. The Kier molecular flexibility index (Phi) is 4.16. The number of amides is 1. The van der Waals surface area contributed by atoms with Crippen molar-refractivity contribution in [3.8, 4) is 5.75 Å². The number of pyridine rings is 1. The van der Waals surface area contributed by atoms with Gasteiger partial charge in [0.2, 0.25) is 6.41 Å². The molecule has 0 unspecified atom stereocenters. The van der Waals surface area contributed by atoms with E-state index in [0.29, 0.717) is 34.0 Å². The van der Waals surface area contributed by atoms with E-state index >= 15 is 0 Å². The van der Waals surface area contributed by atoms with Gasteiger partial charge < -0.3 is 10.1 Å². The van der Waals surface area contributed by atoms with Gasteiger partial charge in [-0.15, -0.1) is 0 Å². The minimum absolute atomic E-state index is 0.291. The molecule has 14 heavy (non-hydrogen) atoms. The fraction of sp³-hybridized carbons (Fsp3) is 0.250. The van der Waals surface area contributed by atoms with Gasteiger partial charge in [-0.3, -0.25) is 4.79 Å². The van der Waals surface area contributed by atoms with E-state index in [1.165, 1.54) is 7.11 Å². The summed E-state index contributed by atoms with van der Waals surface area (Å²) < 4.78 is 5.73. The van der Waals surface area contributed by atoms with Crippen LogP contribution in [0.1, 0.15) is 5.69 Å². The van der Waals surface area contributed by atoms with Crippen LogP contribution >= 0.6 is 27.5 Å². The van der Waals surface area contributed by atoms with E-state index < -0.39 is 0 Å². The van der Waals surface area contributed by atoms with Gasteiger partial charge in [-0.2, -0.15) is 0 Å². The van der Waals surface area contributed by atoms with Crippen LogP contribution in [0, 0.1) is 0 Å². The highest BCUT2D eigenvalue weighted by Crippen LogP contribution is 2.27. The Morgan fingerprint density at radius 1 is 1.79 bits per heavy atom. The van der Waals surface area contributed by atoms with Gasteiger partial charge in [0.15, 0.2) is 0 Å². The number of hydrogen-bond donors (Lipinski definition) is 1. The lowest BCUT2D eigenvalue weighted by molar-refractivity contribution is -0.109. The van der Waals surface area contributed by atoms with Crippen LogP contribution in [0.15, 0.2) is 10.5 Å². The lowest BCUT2D eigenvalue weighted by atomic mass is 10.3. The number of halogens is 2. The first-order chi connectivity index (χ1) is 6.69. The largest absolute Gasteiger partial charge is 0.495 e. The lowest BCUT2D eigenvalue weighted by Crippen LogP contribution is -2.12. The summed E-state index contributed by atoms with van der Waals surface area (Å²) >= 11 is 9.02. The first-order valence-electron chi connectivity index (χ1n) is 3.75. The van der Waals surface area contributed by atoms with E-state index in [0.717, 1.165) is 0 Å². The highest BCUT2D eigenvalue weighted by Gasteiger charge is 2.08. The first kappa shape index (κ1) is 11.3. The van der Waals surface area contributed by atoms with Crippen molar-refractivity contribution < 1.29 is 9.53 Å². The van der Waals surface area contributed by atoms with E-state index in [-0.39, 0.29) is 0 Å². The molecular weight excluding hydrogens is 271 g/mol. The quantitative estimate of drug-likeness (QED) is 0.675. The number of carbonyl (C=O) groups excluding carboxylic acids is 1. The highest BCUT2D eigenvalue weighted by molar-refractivity contribution is 9.10. The van der Waals surface area contributed by atoms with Crippen molar-refractivity contribution in [3.05, 3.63) is 21.4 Å². The van der Waals surface area contributed by atoms with Crippen molar-refractivity contribution in [2.75, 3.05) is 7.11 Å². The van der Waals surface area contributed by atoms with E-state index in [1.54, 1.807) is 6.07 Å². The van der Waals surface area contributed by atoms with Crippen molar-refractivity contribution in [2.24, 2.45) is 0 Å². The monoisotopic (exact) mass is 278 g/mol. The maximum atomic E-state index is 10.1. The molecule has 1 rings (SSSR count). The normalized spacial score (nSPS) is 9.64. The van der Waals surface area contributed by atoms with Gasteiger partial charge >= 0.3 is 0 Å². The number of carbonyl (C=O) groups is 1. The molecule has 0 aliphatic rings. The van der Waals surface area contributed by atoms with Crippen LogP contribution in [0.3, 0.4) is 0 Å². The molecule has 0 spiro atoms. The van der Waals surface area contributed by atoms with Crippen molar-refractivity contribution in [1.29, 1.82) is 0 Å². The Labute approximate surface area is 94.7 Å². The Bertz CT molecular complexity index is 346. The third-order valence-electron chi connectivity index (χ3n) is 1.55. The third kappa shape index (κ3) is 2.59. The summed E-state index contributed by atoms with van der Waals surface area (Å²) in [6, 6.07) is 1.71. The van der Waals surface area contributed by atoms with Gasteiger partial charge in [0.25, 0.3) is 0 Å².